The topological polar surface area (TPSA) is 102 Å². The van der Waals surface area contributed by atoms with Gasteiger partial charge in [-0.25, -0.2) is 9.59 Å². The number of rotatable bonds is 6. The van der Waals surface area contributed by atoms with Gasteiger partial charge in [0.25, 0.3) is 0 Å². The van der Waals surface area contributed by atoms with E-state index < -0.39 is 40.6 Å². The zero-order valence-electron chi connectivity index (χ0n) is 18.7. The minimum absolute atomic E-state index is 0.0952. The number of ether oxygens (including phenoxy) is 3. The molecule has 170 valence electrons. The van der Waals surface area contributed by atoms with Gasteiger partial charge in [0.2, 0.25) is 5.91 Å². The summed E-state index contributed by atoms with van der Waals surface area (Å²) in [5.41, 5.74) is -3.34. The van der Waals surface area contributed by atoms with E-state index in [-0.39, 0.29) is 25.5 Å². The van der Waals surface area contributed by atoms with Crippen LogP contribution in [0, 0.1) is 11.3 Å². The molecule has 1 aromatic carbocycles. The molecule has 2 saturated heterocycles. The van der Waals surface area contributed by atoms with Crippen molar-refractivity contribution < 1.29 is 33.7 Å². The number of hydrogen-bond acceptors (Lipinski definition) is 7. The van der Waals surface area contributed by atoms with Crippen LogP contribution in [0.4, 0.5) is 0 Å². The van der Waals surface area contributed by atoms with Crippen molar-refractivity contribution in [2.75, 3.05) is 20.3 Å². The molecule has 0 spiro atoms. The molecule has 1 aromatic rings. The summed E-state index contributed by atoms with van der Waals surface area (Å²) in [6, 6.07) is 8.63. The second-order valence-corrected chi connectivity index (χ2v) is 9.43. The van der Waals surface area contributed by atoms with E-state index >= 15 is 0 Å². The zero-order chi connectivity index (χ0) is 23.0. The number of nitrogens with zero attached hydrogens (tertiary/aromatic N) is 1. The lowest BCUT2D eigenvalue weighted by Crippen LogP contribution is -2.64. The standard InChI is InChI=1S/C23H31NO7/c1-21(2,3)19-24-17(25)16(22(4,28)23(24,14-31-19)20(27)29-5)12-9-13-30-18(26)15-10-7-6-8-11-15/h6-8,10-11,16,19,28H,9,12-14H2,1-5H3/t16-,19-,22+,23+/m0/s1. The summed E-state index contributed by atoms with van der Waals surface area (Å²) in [6.07, 6.45) is -0.0661. The zero-order valence-corrected chi connectivity index (χ0v) is 18.7. The molecular weight excluding hydrogens is 402 g/mol. The third-order valence-electron chi connectivity index (χ3n) is 6.29. The van der Waals surface area contributed by atoms with E-state index in [1.807, 2.05) is 26.8 Å². The van der Waals surface area contributed by atoms with E-state index in [9.17, 15) is 19.5 Å². The molecule has 1 amide bonds. The van der Waals surface area contributed by atoms with Crippen molar-refractivity contribution in [3.63, 3.8) is 0 Å². The summed E-state index contributed by atoms with van der Waals surface area (Å²) in [5.74, 6) is -2.36. The Morgan fingerprint density at radius 3 is 2.48 bits per heavy atom. The fourth-order valence-electron chi connectivity index (χ4n) is 4.62. The lowest BCUT2D eigenvalue weighted by molar-refractivity contribution is -0.167. The molecule has 3 rings (SSSR count). The number of hydrogen-bond donors (Lipinski definition) is 1. The Kier molecular flexibility index (Phi) is 6.17. The van der Waals surface area contributed by atoms with Crippen LogP contribution in [0.3, 0.4) is 0 Å². The van der Waals surface area contributed by atoms with E-state index in [4.69, 9.17) is 14.2 Å². The SMILES string of the molecule is COC(=O)[C@@]12CO[C@@H](C(C)(C)C)N1C(=O)[C@H](CCCOC(=O)c1ccccc1)[C@@]2(C)O. The van der Waals surface area contributed by atoms with Crippen LogP contribution in [0.2, 0.25) is 0 Å². The Morgan fingerprint density at radius 2 is 1.90 bits per heavy atom. The Hall–Kier alpha value is -2.45. The summed E-state index contributed by atoms with van der Waals surface area (Å²) in [6.45, 7) is 7.16. The van der Waals surface area contributed by atoms with E-state index in [1.165, 1.54) is 18.9 Å². The highest BCUT2D eigenvalue weighted by molar-refractivity contribution is 5.97. The third kappa shape index (κ3) is 3.72. The Bertz CT molecular complexity index is 845. The van der Waals surface area contributed by atoms with Gasteiger partial charge in [-0.15, -0.1) is 0 Å². The molecule has 2 aliphatic heterocycles. The summed E-state index contributed by atoms with van der Waals surface area (Å²) >= 11 is 0. The van der Waals surface area contributed by atoms with E-state index in [0.29, 0.717) is 12.0 Å². The average Bonchev–Trinajstić information content (AvgIpc) is 3.21. The molecule has 0 saturated carbocycles. The molecule has 2 aliphatic rings. The molecular formula is C23H31NO7. The van der Waals surface area contributed by atoms with Gasteiger partial charge in [-0.2, -0.15) is 0 Å². The first-order valence-electron chi connectivity index (χ1n) is 10.5. The fraction of sp³-hybridized carbons (Fsp3) is 0.609. The van der Waals surface area contributed by atoms with Gasteiger partial charge >= 0.3 is 11.9 Å². The van der Waals surface area contributed by atoms with Crippen LogP contribution in [-0.2, 0) is 23.8 Å². The monoisotopic (exact) mass is 433 g/mol. The molecule has 0 aromatic heterocycles. The molecule has 8 nitrogen and oxygen atoms in total. The highest BCUT2D eigenvalue weighted by atomic mass is 16.6. The number of carbonyl (C=O) groups is 3. The first kappa shape index (κ1) is 23.2. The minimum atomic E-state index is -1.71. The predicted octanol–water partition coefficient (Wildman–Crippen LogP) is 2.15. The lowest BCUT2D eigenvalue weighted by atomic mass is 9.75. The highest BCUT2D eigenvalue weighted by Crippen LogP contribution is 2.52. The molecule has 0 unspecified atom stereocenters. The molecule has 2 fully saturated rings. The number of benzene rings is 1. The molecule has 0 bridgehead atoms. The van der Waals surface area contributed by atoms with E-state index in [0.717, 1.165) is 0 Å². The number of esters is 2. The van der Waals surface area contributed by atoms with Crippen molar-refractivity contribution >= 4 is 17.8 Å². The van der Waals surface area contributed by atoms with Gasteiger partial charge in [0.05, 0.1) is 31.8 Å². The molecule has 0 aliphatic carbocycles. The Balaban J connectivity index is 1.75. The van der Waals surface area contributed by atoms with Crippen molar-refractivity contribution in [2.45, 2.75) is 57.9 Å². The summed E-state index contributed by atoms with van der Waals surface area (Å²) in [7, 11) is 1.23. The van der Waals surface area contributed by atoms with Gasteiger partial charge in [-0.1, -0.05) is 39.0 Å². The van der Waals surface area contributed by atoms with Gasteiger partial charge < -0.3 is 19.3 Å². The normalized spacial score (nSPS) is 30.3. The highest BCUT2D eigenvalue weighted by Gasteiger charge is 2.75. The second kappa shape index (κ2) is 8.24. The Labute approximate surface area is 182 Å². The molecule has 2 heterocycles. The van der Waals surface area contributed by atoms with E-state index in [2.05, 4.69) is 0 Å². The third-order valence-corrected chi connectivity index (χ3v) is 6.29. The quantitative estimate of drug-likeness (QED) is 0.542. The number of carbonyl (C=O) groups excluding carboxylic acids is 3. The van der Waals surface area contributed by atoms with Crippen LogP contribution in [0.15, 0.2) is 30.3 Å². The largest absolute Gasteiger partial charge is 0.467 e. The van der Waals surface area contributed by atoms with Gasteiger partial charge in [-0.05, 0) is 31.9 Å². The van der Waals surface area contributed by atoms with Crippen LogP contribution in [0.1, 0.15) is 50.9 Å². The number of methoxy groups -OCH3 is 1. The molecule has 8 heteroatoms. The molecule has 0 radical (unpaired) electrons. The van der Waals surface area contributed by atoms with Crippen molar-refractivity contribution in [1.29, 1.82) is 0 Å². The average molecular weight is 434 g/mol. The Morgan fingerprint density at radius 1 is 1.26 bits per heavy atom. The molecule has 31 heavy (non-hydrogen) atoms. The first-order valence-corrected chi connectivity index (χ1v) is 10.5. The van der Waals surface area contributed by atoms with Crippen LogP contribution < -0.4 is 0 Å². The maximum atomic E-state index is 13.4. The number of aliphatic hydroxyl groups is 1. The van der Waals surface area contributed by atoms with Crippen LogP contribution >= 0.6 is 0 Å². The number of fused-ring (bicyclic) bond motifs is 1. The summed E-state index contributed by atoms with van der Waals surface area (Å²) < 4.78 is 16.1. The predicted molar refractivity (Wildman–Crippen MR) is 111 cm³/mol. The molecule has 1 N–H and O–H groups in total. The summed E-state index contributed by atoms with van der Waals surface area (Å²) in [4.78, 5) is 39.7. The minimum Gasteiger partial charge on any atom is -0.467 e. The van der Waals surface area contributed by atoms with Crippen LogP contribution in [0.5, 0.6) is 0 Å². The summed E-state index contributed by atoms with van der Waals surface area (Å²) in [5, 5.41) is 11.5. The van der Waals surface area contributed by atoms with Gasteiger partial charge in [0.15, 0.2) is 5.54 Å². The first-order chi connectivity index (χ1) is 14.5. The number of amides is 1. The van der Waals surface area contributed by atoms with Gasteiger partial charge in [-0.3, -0.25) is 9.69 Å². The maximum Gasteiger partial charge on any atom is 0.338 e. The maximum absolute atomic E-state index is 13.4. The molecule has 4 atom stereocenters. The second-order valence-electron chi connectivity index (χ2n) is 9.43. The van der Waals surface area contributed by atoms with Crippen molar-refractivity contribution in [3.05, 3.63) is 35.9 Å². The lowest BCUT2D eigenvalue weighted by Gasteiger charge is -2.40. The fourth-order valence-corrected chi connectivity index (χ4v) is 4.62. The smallest absolute Gasteiger partial charge is 0.338 e. The van der Waals surface area contributed by atoms with Crippen LogP contribution in [-0.4, -0.2) is 65.5 Å². The van der Waals surface area contributed by atoms with E-state index in [1.54, 1.807) is 24.3 Å². The van der Waals surface area contributed by atoms with Gasteiger partial charge in [0, 0.05) is 5.41 Å². The van der Waals surface area contributed by atoms with Crippen molar-refractivity contribution in [2.24, 2.45) is 11.3 Å². The van der Waals surface area contributed by atoms with Crippen molar-refractivity contribution in [1.82, 2.24) is 4.90 Å². The van der Waals surface area contributed by atoms with Crippen molar-refractivity contribution in [3.8, 4) is 0 Å². The van der Waals surface area contributed by atoms with Crippen LogP contribution in [0.25, 0.3) is 0 Å². The van der Waals surface area contributed by atoms with Gasteiger partial charge in [0.1, 0.15) is 11.8 Å².